The summed E-state index contributed by atoms with van der Waals surface area (Å²) in [5, 5.41) is 17.2. The number of amides is 4. The van der Waals surface area contributed by atoms with Crippen molar-refractivity contribution in [3.8, 4) is 5.69 Å². The van der Waals surface area contributed by atoms with Crippen LogP contribution in [0.15, 0.2) is 29.4 Å². The Bertz CT molecular complexity index is 981. The van der Waals surface area contributed by atoms with Gasteiger partial charge in [0.15, 0.2) is 5.16 Å². The van der Waals surface area contributed by atoms with Crippen molar-refractivity contribution in [3.63, 3.8) is 0 Å². The Labute approximate surface area is 184 Å². The van der Waals surface area contributed by atoms with Gasteiger partial charge in [-0.25, -0.2) is 4.79 Å². The minimum absolute atomic E-state index is 0.0479. The van der Waals surface area contributed by atoms with Crippen LogP contribution in [0.1, 0.15) is 57.2 Å². The highest BCUT2D eigenvalue weighted by Crippen LogP contribution is 2.41. The van der Waals surface area contributed by atoms with Crippen LogP contribution in [0.2, 0.25) is 0 Å². The van der Waals surface area contributed by atoms with Crippen molar-refractivity contribution in [2.45, 2.75) is 62.6 Å². The van der Waals surface area contributed by atoms with Crippen molar-refractivity contribution in [2.24, 2.45) is 0 Å². The number of imide groups is 1. The van der Waals surface area contributed by atoms with Crippen LogP contribution in [-0.4, -0.2) is 44.4 Å². The summed E-state index contributed by atoms with van der Waals surface area (Å²) in [5.41, 5.74) is 1.50. The van der Waals surface area contributed by atoms with Gasteiger partial charge < -0.3 is 10.6 Å². The molecule has 164 valence electrons. The first-order chi connectivity index (χ1) is 15.0. The van der Waals surface area contributed by atoms with Crippen molar-refractivity contribution in [3.05, 3.63) is 30.1 Å². The predicted molar refractivity (Wildman–Crippen MR) is 117 cm³/mol. The molecule has 0 saturated heterocycles. The lowest BCUT2D eigenvalue weighted by Crippen LogP contribution is -2.44. The van der Waals surface area contributed by atoms with Gasteiger partial charge in [0.2, 0.25) is 11.8 Å². The molecule has 0 spiro atoms. The largest absolute Gasteiger partial charge is 0.335 e. The fourth-order valence-electron chi connectivity index (χ4n) is 3.73. The second-order valence-electron chi connectivity index (χ2n) is 7.97. The van der Waals surface area contributed by atoms with Crippen molar-refractivity contribution in [2.75, 3.05) is 11.1 Å². The first kappa shape index (κ1) is 21.4. The molecule has 0 bridgehead atoms. The number of benzene rings is 1. The zero-order valence-electron chi connectivity index (χ0n) is 17.4. The number of nitrogens with zero attached hydrogens (tertiary/aromatic N) is 3. The van der Waals surface area contributed by atoms with Crippen LogP contribution in [0.3, 0.4) is 0 Å². The molecule has 3 N–H and O–H groups in total. The molecule has 2 aromatic rings. The van der Waals surface area contributed by atoms with E-state index in [1.54, 1.807) is 0 Å². The Balaban J connectivity index is 1.43. The Morgan fingerprint density at radius 3 is 2.61 bits per heavy atom. The molecule has 0 aliphatic heterocycles. The monoisotopic (exact) mass is 442 g/mol. The van der Waals surface area contributed by atoms with Crippen LogP contribution in [0.5, 0.6) is 0 Å². The molecular weight excluding hydrogens is 416 g/mol. The summed E-state index contributed by atoms with van der Waals surface area (Å²) in [6.07, 6.45) is 6.24. The van der Waals surface area contributed by atoms with Crippen LogP contribution < -0.4 is 16.0 Å². The zero-order valence-corrected chi connectivity index (χ0v) is 18.2. The zero-order chi connectivity index (χ0) is 21.8. The van der Waals surface area contributed by atoms with Crippen LogP contribution in [0, 0.1) is 0 Å². The molecule has 1 heterocycles. The van der Waals surface area contributed by atoms with E-state index in [0.29, 0.717) is 16.8 Å². The lowest BCUT2D eigenvalue weighted by molar-refractivity contribution is -0.117. The number of nitrogens with one attached hydrogen (secondary N) is 3. The average molecular weight is 443 g/mol. The van der Waals surface area contributed by atoms with Crippen LogP contribution >= 0.6 is 11.8 Å². The van der Waals surface area contributed by atoms with E-state index in [4.69, 9.17) is 0 Å². The van der Waals surface area contributed by atoms with Crippen LogP contribution in [0.25, 0.3) is 5.69 Å². The van der Waals surface area contributed by atoms with E-state index >= 15 is 0 Å². The minimum Gasteiger partial charge on any atom is -0.335 e. The number of thioether (sulfide) groups is 1. The van der Waals surface area contributed by atoms with Crippen molar-refractivity contribution in [1.29, 1.82) is 0 Å². The average Bonchev–Trinajstić information content (AvgIpc) is 3.27. The van der Waals surface area contributed by atoms with Gasteiger partial charge in [-0.05, 0) is 43.9 Å². The molecule has 1 aromatic heterocycles. The molecule has 31 heavy (non-hydrogen) atoms. The van der Waals surface area contributed by atoms with Gasteiger partial charge in [-0.2, -0.15) is 0 Å². The number of carbonyl (C=O) groups excluding carboxylic acids is 3. The van der Waals surface area contributed by atoms with Crippen LogP contribution in [-0.2, 0) is 9.59 Å². The van der Waals surface area contributed by atoms with Gasteiger partial charge in [0.1, 0.15) is 5.82 Å². The maximum Gasteiger partial charge on any atom is 0.321 e. The third-order valence-corrected chi connectivity index (χ3v) is 6.23. The van der Waals surface area contributed by atoms with Gasteiger partial charge in [0.25, 0.3) is 0 Å². The third-order valence-electron chi connectivity index (χ3n) is 5.30. The van der Waals surface area contributed by atoms with E-state index in [2.05, 4.69) is 26.1 Å². The SMILES string of the molecule is CC(=O)Nc1cccc(-n2c(SCC(=O)NC(=O)NC3CCCC3)nnc2C2CC2)c1. The van der Waals surface area contributed by atoms with E-state index < -0.39 is 6.03 Å². The van der Waals surface area contributed by atoms with Crippen LogP contribution in [0.4, 0.5) is 10.5 Å². The molecule has 4 rings (SSSR count). The van der Waals surface area contributed by atoms with Gasteiger partial charge in [-0.1, -0.05) is 30.7 Å². The summed E-state index contributed by atoms with van der Waals surface area (Å²) in [5.74, 6) is 0.714. The maximum absolute atomic E-state index is 12.3. The number of hydrogen-bond donors (Lipinski definition) is 3. The Morgan fingerprint density at radius 2 is 1.90 bits per heavy atom. The van der Waals surface area contributed by atoms with Gasteiger partial charge in [-0.3, -0.25) is 19.5 Å². The van der Waals surface area contributed by atoms with Crippen molar-refractivity contribution >= 4 is 35.3 Å². The summed E-state index contributed by atoms with van der Waals surface area (Å²) in [4.78, 5) is 35.7. The van der Waals surface area contributed by atoms with Gasteiger partial charge in [0, 0.05) is 24.6 Å². The molecule has 0 radical (unpaired) electrons. The van der Waals surface area contributed by atoms with E-state index in [0.717, 1.165) is 50.0 Å². The number of anilines is 1. The lowest BCUT2D eigenvalue weighted by Gasteiger charge is -2.13. The lowest BCUT2D eigenvalue weighted by atomic mass is 10.2. The van der Waals surface area contributed by atoms with Crippen molar-refractivity contribution in [1.82, 2.24) is 25.4 Å². The molecular formula is C21H26N6O3S. The predicted octanol–water partition coefficient (Wildman–Crippen LogP) is 2.96. The smallest absolute Gasteiger partial charge is 0.321 e. The quantitative estimate of drug-likeness (QED) is 0.568. The number of aromatic nitrogens is 3. The van der Waals surface area contributed by atoms with E-state index in [-0.39, 0.29) is 23.6 Å². The summed E-state index contributed by atoms with van der Waals surface area (Å²) in [6.45, 7) is 1.46. The molecule has 10 heteroatoms. The number of urea groups is 1. The molecule has 2 aliphatic carbocycles. The number of hydrogen-bond acceptors (Lipinski definition) is 6. The molecule has 1 aromatic carbocycles. The second-order valence-corrected chi connectivity index (χ2v) is 8.92. The van der Waals surface area contributed by atoms with Crippen molar-refractivity contribution < 1.29 is 14.4 Å². The maximum atomic E-state index is 12.3. The summed E-state index contributed by atoms with van der Waals surface area (Å²) in [7, 11) is 0. The topological polar surface area (TPSA) is 118 Å². The number of rotatable bonds is 7. The molecule has 4 amide bonds. The Kier molecular flexibility index (Phi) is 6.55. The summed E-state index contributed by atoms with van der Waals surface area (Å²) in [6, 6.07) is 7.15. The Morgan fingerprint density at radius 1 is 1.13 bits per heavy atom. The molecule has 2 fully saturated rings. The third kappa shape index (κ3) is 5.63. The summed E-state index contributed by atoms with van der Waals surface area (Å²) < 4.78 is 1.93. The van der Waals surface area contributed by atoms with E-state index in [1.165, 1.54) is 18.7 Å². The first-order valence-electron chi connectivity index (χ1n) is 10.6. The van der Waals surface area contributed by atoms with E-state index in [1.807, 2.05) is 28.8 Å². The van der Waals surface area contributed by atoms with Gasteiger partial charge in [0.05, 0.1) is 11.4 Å². The second kappa shape index (κ2) is 9.51. The summed E-state index contributed by atoms with van der Waals surface area (Å²) >= 11 is 1.23. The molecule has 0 unspecified atom stereocenters. The minimum atomic E-state index is -0.444. The van der Waals surface area contributed by atoms with Gasteiger partial charge >= 0.3 is 6.03 Å². The molecule has 2 aliphatic rings. The normalized spacial score (nSPS) is 16.2. The fraction of sp³-hybridized carbons (Fsp3) is 0.476. The fourth-order valence-corrected chi connectivity index (χ4v) is 4.49. The molecule has 0 atom stereocenters. The first-order valence-corrected chi connectivity index (χ1v) is 11.5. The van der Waals surface area contributed by atoms with Gasteiger partial charge in [-0.15, -0.1) is 10.2 Å². The standard InChI is InChI=1S/C21H26N6O3S/c1-13(28)22-16-7-4-8-17(11-16)27-19(14-9-10-14)25-26-21(27)31-12-18(29)24-20(30)23-15-5-2-3-6-15/h4,7-8,11,14-15H,2-3,5-6,9-10,12H2,1H3,(H,22,28)(H2,23,24,29,30). The number of carbonyl (C=O) groups is 3. The highest BCUT2D eigenvalue weighted by atomic mass is 32.2. The van der Waals surface area contributed by atoms with E-state index in [9.17, 15) is 14.4 Å². The molecule has 2 saturated carbocycles. The molecule has 9 nitrogen and oxygen atoms in total. The highest BCUT2D eigenvalue weighted by Gasteiger charge is 2.31. The highest BCUT2D eigenvalue weighted by molar-refractivity contribution is 7.99. The Hall–Kier alpha value is -2.88.